The van der Waals surface area contributed by atoms with Gasteiger partial charge in [0.15, 0.2) is 4.96 Å². The van der Waals surface area contributed by atoms with Gasteiger partial charge in [-0.05, 0) is 22.4 Å². The lowest BCUT2D eigenvalue weighted by molar-refractivity contribution is 0.0634. The quantitative estimate of drug-likeness (QED) is 0.414. The molecule has 0 bridgehead atoms. The van der Waals surface area contributed by atoms with Gasteiger partial charge in [0.1, 0.15) is 4.83 Å². The van der Waals surface area contributed by atoms with E-state index in [0.717, 1.165) is 52.9 Å². The first-order chi connectivity index (χ1) is 14.8. The fraction of sp³-hybridized carbons (Fsp3) is 0.217. The summed E-state index contributed by atoms with van der Waals surface area (Å²) in [6, 6.07) is 17.1. The molecule has 0 aliphatic carbocycles. The van der Waals surface area contributed by atoms with Crippen molar-refractivity contribution in [2.24, 2.45) is 0 Å². The van der Waals surface area contributed by atoms with Crippen LogP contribution in [0.5, 0.6) is 0 Å². The van der Waals surface area contributed by atoms with Crippen LogP contribution in [0.2, 0.25) is 0 Å². The maximum atomic E-state index is 13.1. The number of fused-ring (bicyclic) bond motifs is 4. The number of amides is 1. The lowest BCUT2D eigenvalue weighted by atomic mass is 10.0. The monoisotopic (exact) mass is 432 g/mol. The van der Waals surface area contributed by atoms with Gasteiger partial charge in [-0.15, -0.1) is 22.7 Å². The highest BCUT2D eigenvalue weighted by Crippen LogP contribution is 2.29. The first-order valence-electron chi connectivity index (χ1n) is 10.1. The lowest BCUT2D eigenvalue weighted by Crippen LogP contribution is -2.48. The van der Waals surface area contributed by atoms with Crippen molar-refractivity contribution < 1.29 is 4.79 Å². The number of thiophene rings is 1. The maximum absolute atomic E-state index is 13.1. The molecule has 0 spiro atoms. The summed E-state index contributed by atoms with van der Waals surface area (Å²) in [6.07, 6.45) is 2.02. The van der Waals surface area contributed by atoms with E-state index < -0.39 is 0 Å². The van der Waals surface area contributed by atoms with Crippen LogP contribution in [0.3, 0.4) is 0 Å². The summed E-state index contributed by atoms with van der Waals surface area (Å²) >= 11 is 3.12. The molecule has 5 aromatic rings. The van der Waals surface area contributed by atoms with Crippen molar-refractivity contribution in [2.75, 3.05) is 26.2 Å². The number of rotatable bonds is 3. The van der Waals surface area contributed by atoms with Gasteiger partial charge >= 0.3 is 0 Å². The Labute approximate surface area is 181 Å². The molecule has 30 heavy (non-hydrogen) atoms. The number of piperazine rings is 1. The number of hydrogen-bond donors (Lipinski definition) is 0. The standard InChI is InChI=1S/C23H20N4OS2/c28-22(20-14-19-21(30-20)24-23-27(19)12-13-29-23)26-10-8-25(9-11-26)15-17-6-3-5-16-4-1-2-7-18(16)17/h1-7,12-14H,8-11,15H2. The SMILES string of the molecule is O=C(c1cc2c(nc3sccn32)s1)N1CCN(Cc2cccc3ccccc23)CC1. The third-order valence-electron chi connectivity index (χ3n) is 5.88. The normalized spacial score (nSPS) is 15.5. The highest BCUT2D eigenvalue weighted by Gasteiger charge is 2.24. The molecule has 4 heterocycles. The molecule has 1 saturated heterocycles. The molecule has 1 fully saturated rings. The summed E-state index contributed by atoms with van der Waals surface area (Å²) < 4.78 is 2.06. The van der Waals surface area contributed by atoms with Gasteiger partial charge in [0.2, 0.25) is 0 Å². The van der Waals surface area contributed by atoms with Gasteiger partial charge in [0.05, 0.1) is 10.4 Å². The van der Waals surface area contributed by atoms with Crippen LogP contribution < -0.4 is 0 Å². The molecule has 0 radical (unpaired) electrons. The summed E-state index contributed by atoms with van der Waals surface area (Å²) in [4.78, 5) is 24.8. The Kier molecular flexibility index (Phi) is 4.33. The largest absolute Gasteiger partial charge is 0.335 e. The van der Waals surface area contributed by atoms with E-state index in [2.05, 4.69) is 56.7 Å². The van der Waals surface area contributed by atoms with Crippen molar-refractivity contribution in [1.82, 2.24) is 19.2 Å². The molecular weight excluding hydrogens is 412 g/mol. The van der Waals surface area contributed by atoms with Gasteiger partial charge < -0.3 is 4.90 Å². The molecule has 150 valence electrons. The van der Waals surface area contributed by atoms with Gasteiger partial charge in [-0.3, -0.25) is 14.1 Å². The van der Waals surface area contributed by atoms with Crippen LogP contribution in [-0.4, -0.2) is 51.3 Å². The summed E-state index contributed by atoms with van der Waals surface area (Å²) in [5, 5.41) is 4.63. The van der Waals surface area contributed by atoms with Gasteiger partial charge in [-0.25, -0.2) is 4.98 Å². The van der Waals surface area contributed by atoms with Crippen molar-refractivity contribution in [3.05, 3.63) is 70.5 Å². The van der Waals surface area contributed by atoms with Crippen molar-refractivity contribution in [3.8, 4) is 0 Å². The molecule has 6 rings (SSSR count). The van der Waals surface area contributed by atoms with E-state index in [1.54, 1.807) is 11.3 Å². The number of thiazole rings is 1. The minimum atomic E-state index is 0.131. The van der Waals surface area contributed by atoms with Gasteiger partial charge in [0.25, 0.3) is 5.91 Å². The number of carbonyl (C=O) groups excluding carboxylic acids is 1. The van der Waals surface area contributed by atoms with E-state index in [9.17, 15) is 4.79 Å². The Morgan fingerprint density at radius 3 is 2.77 bits per heavy atom. The van der Waals surface area contributed by atoms with Crippen molar-refractivity contribution in [2.45, 2.75) is 6.54 Å². The summed E-state index contributed by atoms with van der Waals surface area (Å²) in [6.45, 7) is 4.25. The van der Waals surface area contributed by atoms with Crippen LogP contribution in [0.25, 0.3) is 26.1 Å². The highest BCUT2D eigenvalue weighted by atomic mass is 32.1. The molecule has 0 N–H and O–H groups in total. The van der Waals surface area contributed by atoms with Crippen LogP contribution in [0.15, 0.2) is 60.1 Å². The lowest BCUT2D eigenvalue weighted by Gasteiger charge is -2.34. The molecule has 1 aliphatic heterocycles. The smallest absolute Gasteiger partial charge is 0.264 e. The van der Waals surface area contributed by atoms with E-state index in [1.165, 1.54) is 27.7 Å². The topological polar surface area (TPSA) is 40.9 Å². The van der Waals surface area contributed by atoms with Crippen LogP contribution in [0.1, 0.15) is 15.2 Å². The Bertz CT molecular complexity index is 1370. The molecule has 0 unspecified atom stereocenters. The average molecular weight is 433 g/mol. The number of nitrogens with zero attached hydrogens (tertiary/aromatic N) is 4. The third kappa shape index (κ3) is 3.01. The fourth-order valence-electron chi connectivity index (χ4n) is 4.29. The van der Waals surface area contributed by atoms with Gasteiger partial charge in [-0.2, -0.15) is 0 Å². The second kappa shape index (κ2) is 7.19. The van der Waals surface area contributed by atoms with E-state index in [-0.39, 0.29) is 5.91 Å². The first-order valence-corrected chi connectivity index (χ1v) is 11.8. The minimum Gasteiger partial charge on any atom is -0.335 e. The van der Waals surface area contributed by atoms with Crippen molar-refractivity contribution >= 4 is 54.7 Å². The molecule has 2 aromatic carbocycles. The van der Waals surface area contributed by atoms with Crippen molar-refractivity contribution in [3.63, 3.8) is 0 Å². The first kappa shape index (κ1) is 18.1. The average Bonchev–Trinajstić information content (AvgIpc) is 3.47. The number of aromatic nitrogens is 2. The van der Waals surface area contributed by atoms with Crippen LogP contribution >= 0.6 is 22.7 Å². The second-order valence-electron chi connectivity index (χ2n) is 7.68. The molecule has 3 aromatic heterocycles. The summed E-state index contributed by atoms with van der Waals surface area (Å²) in [5.74, 6) is 0.131. The number of benzene rings is 2. The van der Waals surface area contributed by atoms with Gasteiger partial charge in [0, 0.05) is 44.3 Å². The zero-order chi connectivity index (χ0) is 20.1. The van der Waals surface area contributed by atoms with Gasteiger partial charge in [-0.1, -0.05) is 42.5 Å². The molecule has 7 heteroatoms. The van der Waals surface area contributed by atoms with Crippen LogP contribution in [-0.2, 0) is 6.54 Å². The molecule has 0 saturated carbocycles. The summed E-state index contributed by atoms with van der Waals surface area (Å²) in [7, 11) is 0. The highest BCUT2D eigenvalue weighted by molar-refractivity contribution is 7.21. The molecule has 0 atom stereocenters. The van der Waals surface area contributed by atoms with E-state index >= 15 is 0 Å². The van der Waals surface area contributed by atoms with E-state index in [1.807, 2.05) is 22.5 Å². The molecule has 5 nitrogen and oxygen atoms in total. The Morgan fingerprint density at radius 2 is 1.87 bits per heavy atom. The Balaban J connectivity index is 1.15. The van der Waals surface area contributed by atoms with Crippen LogP contribution in [0, 0.1) is 0 Å². The Hall–Kier alpha value is -2.74. The predicted octanol–water partition coefficient (Wildman–Crippen LogP) is 4.72. The molecular formula is C23H20N4OS2. The maximum Gasteiger partial charge on any atom is 0.264 e. The summed E-state index contributed by atoms with van der Waals surface area (Å²) in [5.41, 5.74) is 2.39. The molecule has 1 amide bonds. The second-order valence-corrected chi connectivity index (χ2v) is 9.58. The fourth-order valence-corrected chi connectivity index (χ4v) is 6.06. The molecule has 1 aliphatic rings. The number of imidazole rings is 1. The number of hydrogen-bond acceptors (Lipinski definition) is 5. The minimum absolute atomic E-state index is 0.131. The zero-order valence-corrected chi connectivity index (χ0v) is 18.0. The van der Waals surface area contributed by atoms with E-state index in [0.29, 0.717) is 0 Å². The Morgan fingerprint density at radius 1 is 1.03 bits per heavy atom. The van der Waals surface area contributed by atoms with Crippen molar-refractivity contribution in [1.29, 1.82) is 0 Å². The number of carbonyl (C=O) groups is 1. The van der Waals surface area contributed by atoms with Crippen LogP contribution in [0.4, 0.5) is 0 Å². The zero-order valence-electron chi connectivity index (χ0n) is 16.3. The third-order valence-corrected chi connectivity index (χ3v) is 7.65. The van der Waals surface area contributed by atoms with E-state index in [4.69, 9.17) is 0 Å². The predicted molar refractivity (Wildman–Crippen MR) is 124 cm³/mol.